The van der Waals surface area contributed by atoms with Gasteiger partial charge in [-0.05, 0) is 23.8 Å². The van der Waals surface area contributed by atoms with Gasteiger partial charge in [0.15, 0.2) is 0 Å². The molecule has 1 aromatic carbocycles. The molecule has 0 saturated carbocycles. The van der Waals surface area contributed by atoms with Gasteiger partial charge < -0.3 is 0 Å². The molecular weight excluding hydrogens is 332 g/mol. The second kappa shape index (κ2) is 5.99. The molecule has 0 spiro atoms. The maximum atomic E-state index is 11.9. The van der Waals surface area contributed by atoms with Gasteiger partial charge in [0, 0.05) is 9.89 Å². The highest BCUT2D eigenvalue weighted by Gasteiger charge is 2.22. The number of hydrogen-bond acceptors (Lipinski definition) is 3. The van der Waals surface area contributed by atoms with Gasteiger partial charge in [0.05, 0.1) is 12.2 Å². The maximum absolute atomic E-state index is 11.9. The fourth-order valence-corrected chi connectivity index (χ4v) is 2.42. The molecule has 0 saturated heterocycles. The van der Waals surface area contributed by atoms with Crippen LogP contribution in [0.3, 0.4) is 0 Å². The number of nitrogen functional groups attached to an aromatic ring is 1. The van der Waals surface area contributed by atoms with Gasteiger partial charge in [0.1, 0.15) is 5.69 Å². The Kier molecular flexibility index (Phi) is 4.49. The fourth-order valence-electron chi connectivity index (χ4n) is 1.97. The predicted molar refractivity (Wildman–Crippen MR) is 85.8 cm³/mol. The smallest absolute Gasteiger partial charge is 0.283 e. The summed E-state index contributed by atoms with van der Waals surface area (Å²) >= 11 is 3.44. The molecule has 0 unspecified atom stereocenters. The van der Waals surface area contributed by atoms with Crippen LogP contribution in [-0.4, -0.2) is 15.7 Å². The van der Waals surface area contributed by atoms with E-state index in [4.69, 9.17) is 5.84 Å². The number of aromatic nitrogens is 2. The lowest BCUT2D eigenvalue weighted by molar-refractivity contribution is 0.0943. The average Bonchev–Trinajstić information content (AvgIpc) is 2.82. The first-order valence-electron chi connectivity index (χ1n) is 6.65. The lowest BCUT2D eigenvalue weighted by Gasteiger charge is -2.14. The van der Waals surface area contributed by atoms with Crippen molar-refractivity contribution in [3.63, 3.8) is 0 Å². The number of nitrogens with zero attached hydrogens (tertiary/aromatic N) is 2. The zero-order valence-electron chi connectivity index (χ0n) is 12.4. The number of hydrazine groups is 1. The third-order valence-electron chi connectivity index (χ3n) is 3.13. The van der Waals surface area contributed by atoms with E-state index in [1.54, 1.807) is 10.7 Å². The van der Waals surface area contributed by atoms with Gasteiger partial charge in [-0.1, -0.05) is 48.8 Å². The summed E-state index contributed by atoms with van der Waals surface area (Å²) in [4.78, 5) is 11.9. The first kappa shape index (κ1) is 15.7. The largest absolute Gasteiger partial charge is 0.289 e. The van der Waals surface area contributed by atoms with Crippen molar-refractivity contribution in [3.05, 3.63) is 51.8 Å². The number of benzene rings is 1. The SMILES string of the molecule is CC(C)(C)c1cc(C(=O)NN)n(Cc2cccc(Br)c2)n1. The van der Waals surface area contributed by atoms with Crippen LogP contribution in [0.5, 0.6) is 0 Å². The Hall–Kier alpha value is -1.66. The van der Waals surface area contributed by atoms with Gasteiger partial charge in [-0.25, -0.2) is 5.84 Å². The normalized spacial score (nSPS) is 11.5. The quantitative estimate of drug-likeness (QED) is 0.507. The summed E-state index contributed by atoms with van der Waals surface area (Å²) < 4.78 is 2.68. The highest BCUT2D eigenvalue weighted by molar-refractivity contribution is 9.10. The van der Waals surface area contributed by atoms with Crippen molar-refractivity contribution in [2.45, 2.75) is 32.7 Å². The third-order valence-corrected chi connectivity index (χ3v) is 3.63. The Bertz CT molecular complexity index is 658. The van der Waals surface area contributed by atoms with Gasteiger partial charge in [-0.3, -0.25) is 14.9 Å². The summed E-state index contributed by atoms with van der Waals surface area (Å²) in [6, 6.07) is 9.70. The highest BCUT2D eigenvalue weighted by Crippen LogP contribution is 2.22. The van der Waals surface area contributed by atoms with Crippen molar-refractivity contribution in [3.8, 4) is 0 Å². The number of hydrogen-bond donors (Lipinski definition) is 2. The third kappa shape index (κ3) is 3.71. The summed E-state index contributed by atoms with van der Waals surface area (Å²) in [6.07, 6.45) is 0. The Balaban J connectivity index is 2.41. The van der Waals surface area contributed by atoms with Crippen molar-refractivity contribution >= 4 is 21.8 Å². The van der Waals surface area contributed by atoms with Gasteiger partial charge in [-0.15, -0.1) is 0 Å². The first-order valence-corrected chi connectivity index (χ1v) is 7.44. The second-order valence-electron chi connectivity index (χ2n) is 5.93. The van der Waals surface area contributed by atoms with Gasteiger partial charge in [-0.2, -0.15) is 5.10 Å². The van der Waals surface area contributed by atoms with E-state index in [9.17, 15) is 4.79 Å². The predicted octanol–water partition coefficient (Wildman–Crippen LogP) is 2.59. The number of nitrogens with one attached hydrogen (secondary N) is 1. The number of carbonyl (C=O) groups excluding carboxylic acids is 1. The number of carbonyl (C=O) groups is 1. The standard InChI is InChI=1S/C15H19BrN4O/c1-15(2,3)13-8-12(14(21)18-17)20(19-13)9-10-5-4-6-11(16)7-10/h4-8H,9,17H2,1-3H3,(H,18,21). The zero-order valence-corrected chi connectivity index (χ0v) is 13.9. The fraction of sp³-hybridized carbons (Fsp3) is 0.333. The molecule has 1 aromatic heterocycles. The highest BCUT2D eigenvalue weighted by atomic mass is 79.9. The molecule has 2 aromatic rings. The molecule has 0 aliphatic carbocycles. The summed E-state index contributed by atoms with van der Waals surface area (Å²) in [7, 11) is 0. The van der Waals surface area contributed by atoms with E-state index >= 15 is 0 Å². The number of nitrogens with two attached hydrogens (primary N) is 1. The topological polar surface area (TPSA) is 72.9 Å². The molecule has 5 nitrogen and oxygen atoms in total. The molecule has 1 amide bonds. The maximum Gasteiger partial charge on any atom is 0.283 e. The first-order chi connectivity index (χ1) is 9.81. The molecule has 21 heavy (non-hydrogen) atoms. The van der Waals surface area contributed by atoms with Gasteiger partial charge in [0.25, 0.3) is 5.91 Å². The van der Waals surface area contributed by atoms with Crippen LogP contribution in [0.2, 0.25) is 0 Å². The Labute approximate surface area is 132 Å². The monoisotopic (exact) mass is 350 g/mol. The molecule has 0 atom stereocenters. The number of halogens is 1. The number of rotatable bonds is 3. The molecule has 6 heteroatoms. The van der Waals surface area contributed by atoms with Crippen molar-refractivity contribution in [1.29, 1.82) is 0 Å². The van der Waals surface area contributed by atoms with Gasteiger partial charge in [0.2, 0.25) is 0 Å². The van der Waals surface area contributed by atoms with Crippen molar-refractivity contribution in [2.75, 3.05) is 0 Å². The Morgan fingerprint density at radius 1 is 1.38 bits per heavy atom. The molecule has 0 radical (unpaired) electrons. The summed E-state index contributed by atoms with van der Waals surface area (Å²) in [6.45, 7) is 6.69. The number of amides is 1. The van der Waals surface area contributed by atoms with E-state index in [1.165, 1.54) is 0 Å². The van der Waals surface area contributed by atoms with E-state index < -0.39 is 0 Å². The van der Waals surface area contributed by atoms with Crippen LogP contribution in [0.15, 0.2) is 34.8 Å². The minimum absolute atomic E-state index is 0.133. The lowest BCUT2D eigenvalue weighted by atomic mass is 9.92. The lowest BCUT2D eigenvalue weighted by Crippen LogP contribution is -2.32. The van der Waals surface area contributed by atoms with Crippen molar-refractivity contribution in [1.82, 2.24) is 15.2 Å². The van der Waals surface area contributed by atoms with Crippen LogP contribution >= 0.6 is 15.9 Å². The Morgan fingerprint density at radius 2 is 2.10 bits per heavy atom. The molecular formula is C15H19BrN4O. The summed E-state index contributed by atoms with van der Waals surface area (Å²) in [5.74, 6) is 4.92. The minimum atomic E-state index is -0.340. The van der Waals surface area contributed by atoms with E-state index in [1.807, 2.05) is 24.3 Å². The van der Waals surface area contributed by atoms with E-state index in [0.29, 0.717) is 12.2 Å². The van der Waals surface area contributed by atoms with Crippen LogP contribution in [0.1, 0.15) is 42.5 Å². The molecule has 2 rings (SSSR count). The summed E-state index contributed by atoms with van der Waals surface area (Å²) in [5.41, 5.74) is 4.41. The van der Waals surface area contributed by atoms with Crippen LogP contribution in [-0.2, 0) is 12.0 Å². The molecule has 0 fully saturated rings. The Morgan fingerprint density at radius 3 is 2.67 bits per heavy atom. The minimum Gasteiger partial charge on any atom is -0.289 e. The molecule has 3 N–H and O–H groups in total. The van der Waals surface area contributed by atoms with E-state index in [2.05, 4.69) is 47.2 Å². The zero-order chi connectivity index (χ0) is 15.6. The van der Waals surface area contributed by atoms with Crippen molar-refractivity contribution in [2.24, 2.45) is 5.84 Å². The van der Waals surface area contributed by atoms with Crippen LogP contribution in [0.25, 0.3) is 0 Å². The molecule has 0 bridgehead atoms. The van der Waals surface area contributed by atoms with Gasteiger partial charge >= 0.3 is 0 Å². The van der Waals surface area contributed by atoms with Crippen molar-refractivity contribution < 1.29 is 4.79 Å². The van der Waals surface area contributed by atoms with E-state index in [-0.39, 0.29) is 11.3 Å². The average molecular weight is 351 g/mol. The molecule has 112 valence electrons. The second-order valence-corrected chi connectivity index (χ2v) is 6.84. The van der Waals surface area contributed by atoms with E-state index in [0.717, 1.165) is 15.7 Å². The molecule has 1 heterocycles. The molecule has 0 aliphatic heterocycles. The van der Waals surface area contributed by atoms with Crippen LogP contribution in [0, 0.1) is 0 Å². The molecule has 0 aliphatic rings. The van der Waals surface area contributed by atoms with Crippen LogP contribution < -0.4 is 11.3 Å². The van der Waals surface area contributed by atoms with Crippen LogP contribution in [0.4, 0.5) is 0 Å². The summed E-state index contributed by atoms with van der Waals surface area (Å²) in [5, 5.41) is 4.56.